The molecule has 5 rings (SSSR count). The number of likely N-dealkylation sites (tertiary alicyclic amines) is 1. The van der Waals surface area contributed by atoms with Crippen molar-refractivity contribution < 1.29 is 29.1 Å². The summed E-state index contributed by atoms with van der Waals surface area (Å²) in [6.07, 6.45) is 0.584. The number of nitrogens with zero attached hydrogens (tertiary/aromatic N) is 3. The van der Waals surface area contributed by atoms with Gasteiger partial charge >= 0.3 is 5.97 Å². The second-order valence-electron chi connectivity index (χ2n) is 10.8. The first kappa shape index (κ1) is 29.5. The number of benzene rings is 3. The maximum Gasteiger partial charge on any atom is 0.326 e. The van der Waals surface area contributed by atoms with Gasteiger partial charge in [0.25, 0.3) is 11.8 Å². The summed E-state index contributed by atoms with van der Waals surface area (Å²) in [4.78, 5) is 68.4. The molecule has 222 valence electrons. The molecule has 0 radical (unpaired) electrons. The van der Waals surface area contributed by atoms with Crippen LogP contribution >= 0.6 is 0 Å². The number of rotatable bonds is 9. The molecule has 0 bridgehead atoms. The van der Waals surface area contributed by atoms with Crippen LogP contribution in [-0.4, -0.2) is 87.7 Å². The molecule has 2 saturated heterocycles. The quantitative estimate of drug-likeness (QED) is 0.399. The van der Waals surface area contributed by atoms with E-state index in [-0.39, 0.29) is 37.1 Å². The van der Waals surface area contributed by atoms with Crippen LogP contribution in [0.3, 0.4) is 0 Å². The number of amides is 4. The maximum atomic E-state index is 13.1. The monoisotopic (exact) mass is 582 g/mol. The SMILES string of the molecule is O=C(O)[C@H](Cc1ccc(C(=O)N2CCN(C(=O)c3ccccc3)CC2)cc1)NC(=O)[C@@H]1CCC(=O)N1Cc1ccccc1. The first-order chi connectivity index (χ1) is 20.8. The number of nitrogens with one attached hydrogen (secondary N) is 1. The van der Waals surface area contributed by atoms with E-state index in [0.29, 0.717) is 49.3 Å². The highest BCUT2D eigenvalue weighted by Crippen LogP contribution is 2.22. The van der Waals surface area contributed by atoms with Gasteiger partial charge in [-0.15, -0.1) is 0 Å². The third-order valence-electron chi connectivity index (χ3n) is 7.96. The number of piperazine rings is 1. The van der Waals surface area contributed by atoms with Crippen molar-refractivity contribution in [2.24, 2.45) is 0 Å². The van der Waals surface area contributed by atoms with Gasteiger partial charge in [-0.05, 0) is 41.8 Å². The Labute approximate surface area is 249 Å². The van der Waals surface area contributed by atoms with Gasteiger partial charge in [0.05, 0.1) is 0 Å². The zero-order valence-corrected chi connectivity index (χ0v) is 23.7. The Morgan fingerprint density at radius 3 is 1.84 bits per heavy atom. The van der Waals surface area contributed by atoms with Crippen LogP contribution < -0.4 is 5.32 Å². The molecule has 0 aromatic heterocycles. The van der Waals surface area contributed by atoms with E-state index in [4.69, 9.17) is 0 Å². The van der Waals surface area contributed by atoms with Gasteiger partial charge < -0.3 is 25.1 Å². The number of carboxylic acid groups (broad SMARTS) is 1. The molecule has 0 saturated carbocycles. The summed E-state index contributed by atoms with van der Waals surface area (Å²) >= 11 is 0. The summed E-state index contributed by atoms with van der Waals surface area (Å²) in [6.45, 7) is 1.98. The van der Waals surface area contributed by atoms with Crippen LogP contribution in [-0.2, 0) is 27.3 Å². The first-order valence-corrected chi connectivity index (χ1v) is 14.4. The molecule has 43 heavy (non-hydrogen) atoms. The van der Waals surface area contributed by atoms with Crippen LogP contribution in [0.1, 0.15) is 44.7 Å². The van der Waals surface area contributed by atoms with E-state index in [1.54, 1.807) is 46.2 Å². The Morgan fingerprint density at radius 2 is 1.28 bits per heavy atom. The van der Waals surface area contributed by atoms with Gasteiger partial charge in [-0.25, -0.2) is 4.79 Å². The minimum absolute atomic E-state index is 0.0230. The van der Waals surface area contributed by atoms with Crippen molar-refractivity contribution in [3.05, 3.63) is 107 Å². The molecule has 2 N–H and O–H groups in total. The molecular formula is C33H34N4O6. The third-order valence-corrected chi connectivity index (χ3v) is 7.96. The summed E-state index contributed by atoms with van der Waals surface area (Å²) in [5, 5.41) is 12.5. The second-order valence-corrected chi connectivity index (χ2v) is 10.8. The van der Waals surface area contributed by atoms with Crippen LogP contribution in [0.25, 0.3) is 0 Å². The molecular weight excluding hydrogens is 548 g/mol. The van der Waals surface area contributed by atoms with Crippen molar-refractivity contribution in [3.8, 4) is 0 Å². The topological polar surface area (TPSA) is 127 Å². The summed E-state index contributed by atoms with van der Waals surface area (Å²) in [7, 11) is 0. The molecule has 0 unspecified atom stereocenters. The zero-order valence-electron chi connectivity index (χ0n) is 23.7. The molecule has 2 atom stereocenters. The van der Waals surface area contributed by atoms with Gasteiger partial charge in [0, 0.05) is 56.7 Å². The third kappa shape index (κ3) is 7.09. The van der Waals surface area contributed by atoms with E-state index in [1.165, 1.54) is 4.90 Å². The molecule has 10 nitrogen and oxygen atoms in total. The Hall–Kier alpha value is -4.99. The highest BCUT2D eigenvalue weighted by molar-refractivity contribution is 5.96. The number of carbonyl (C=O) groups excluding carboxylic acids is 4. The van der Waals surface area contributed by atoms with Crippen LogP contribution in [0.5, 0.6) is 0 Å². The zero-order chi connectivity index (χ0) is 30.3. The van der Waals surface area contributed by atoms with Crippen molar-refractivity contribution >= 4 is 29.6 Å². The van der Waals surface area contributed by atoms with E-state index in [1.807, 2.05) is 48.5 Å². The van der Waals surface area contributed by atoms with Crippen molar-refractivity contribution in [3.63, 3.8) is 0 Å². The van der Waals surface area contributed by atoms with Gasteiger partial charge in [0.1, 0.15) is 12.1 Å². The van der Waals surface area contributed by atoms with Crippen LogP contribution in [0.15, 0.2) is 84.9 Å². The summed E-state index contributed by atoms with van der Waals surface area (Å²) in [6, 6.07) is 23.1. The van der Waals surface area contributed by atoms with Crippen molar-refractivity contribution in [1.82, 2.24) is 20.0 Å². The lowest BCUT2D eigenvalue weighted by Gasteiger charge is -2.35. The van der Waals surface area contributed by atoms with Crippen LogP contribution in [0.2, 0.25) is 0 Å². The molecule has 2 fully saturated rings. The number of hydrogen-bond acceptors (Lipinski definition) is 5. The fraction of sp³-hybridized carbons (Fsp3) is 0.303. The molecule has 4 amide bonds. The molecule has 2 aliphatic rings. The normalized spacial score (nSPS) is 17.4. The van der Waals surface area contributed by atoms with Gasteiger partial charge in [-0.1, -0.05) is 60.7 Å². The number of aliphatic carboxylic acids is 1. The Kier molecular flexibility index (Phi) is 9.14. The maximum absolute atomic E-state index is 13.1. The van der Waals surface area contributed by atoms with Crippen LogP contribution in [0.4, 0.5) is 0 Å². The summed E-state index contributed by atoms with van der Waals surface area (Å²) in [5.41, 5.74) is 2.62. The molecule has 3 aromatic rings. The molecule has 0 spiro atoms. The average molecular weight is 583 g/mol. The second kappa shape index (κ2) is 13.3. The van der Waals surface area contributed by atoms with Crippen LogP contribution in [0, 0.1) is 0 Å². The van der Waals surface area contributed by atoms with E-state index >= 15 is 0 Å². The highest BCUT2D eigenvalue weighted by Gasteiger charge is 2.37. The van der Waals surface area contributed by atoms with E-state index in [0.717, 1.165) is 5.56 Å². The summed E-state index contributed by atoms with van der Waals surface area (Å²) < 4.78 is 0. The number of carboxylic acids is 1. The minimum atomic E-state index is -1.20. The molecule has 10 heteroatoms. The molecule has 2 heterocycles. The van der Waals surface area contributed by atoms with E-state index in [2.05, 4.69) is 5.32 Å². The fourth-order valence-electron chi connectivity index (χ4n) is 5.53. The van der Waals surface area contributed by atoms with Gasteiger partial charge in [-0.3, -0.25) is 19.2 Å². The molecule has 3 aromatic carbocycles. The Bertz CT molecular complexity index is 1470. The van der Waals surface area contributed by atoms with Crippen molar-refractivity contribution in [1.29, 1.82) is 0 Å². The lowest BCUT2D eigenvalue weighted by atomic mass is 10.0. The molecule has 0 aliphatic carbocycles. The predicted molar refractivity (Wildman–Crippen MR) is 158 cm³/mol. The van der Waals surface area contributed by atoms with Crippen molar-refractivity contribution in [2.45, 2.75) is 37.9 Å². The number of hydrogen-bond donors (Lipinski definition) is 2. The fourth-order valence-corrected chi connectivity index (χ4v) is 5.53. The van der Waals surface area contributed by atoms with Gasteiger partial charge in [0.15, 0.2) is 0 Å². The van der Waals surface area contributed by atoms with Gasteiger partial charge in [0.2, 0.25) is 11.8 Å². The number of carbonyl (C=O) groups is 5. The average Bonchev–Trinajstić information content (AvgIpc) is 3.40. The lowest BCUT2D eigenvalue weighted by Crippen LogP contribution is -2.50. The van der Waals surface area contributed by atoms with E-state index < -0.39 is 24.0 Å². The first-order valence-electron chi connectivity index (χ1n) is 14.4. The minimum Gasteiger partial charge on any atom is -0.480 e. The smallest absolute Gasteiger partial charge is 0.326 e. The Morgan fingerprint density at radius 1 is 0.744 bits per heavy atom. The largest absolute Gasteiger partial charge is 0.480 e. The molecule has 2 aliphatic heterocycles. The predicted octanol–water partition coefficient (Wildman–Crippen LogP) is 2.59. The lowest BCUT2D eigenvalue weighted by molar-refractivity contribution is -0.143. The van der Waals surface area contributed by atoms with Crippen molar-refractivity contribution in [2.75, 3.05) is 26.2 Å². The highest BCUT2D eigenvalue weighted by atomic mass is 16.4. The summed E-state index contributed by atoms with van der Waals surface area (Å²) in [5.74, 6) is -2.03. The van der Waals surface area contributed by atoms with E-state index in [9.17, 15) is 29.1 Å². The Balaban J connectivity index is 1.15. The van der Waals surface area contributed by atoms with Gasteiger partial charge in [-0.2, -0.15) is 0 Å². The standard InChI is InChI=1S/C33H34N4O6/c38-29-16-15-28(37(29)22-24-7-3-1-4-8-24)30(39)34-27(33(42)43)21-23-11-13-26(14-12-23)32(41)36-19-17-35(18-20-36)31(40)25-9-5-2-6-10-25/h1-14,27-28H,15-22H2,(H,34,39)(H,42,43)/t27-,28-/m0/s1.